The van der Waals surface area contributed by atoms with Gasteiger partial charge in [0.2, 0.25) is 0 Å². The van der Waals surface area contributed by atoms with Crippen molar-refractivity contribution in [3.05, 3.63) is 0 Å². The summed E-state index contributed by atoms with van der Waals surface area (Å²) >= 11 is 0. The van der Waals surface area contributed by atoms with E-state index in [4.69, 9.17) is 0 Å². The normalized spacial score (nSPS) is 15.3. The zero-order valence-corrected chi connectivity index (χ0v) is 7.44. The molecule has 2 nitrogen and oxygen atoms in total. The Morgan fingerprint density at radius 1 is 1.50 bits per heavy atom. The molecule has 0 aliphatic heterocycles. The third-order valence-electron chi connectivity index (χ3n) is 1.50. The molecule has 0 aromatic carbocycles. The summed E-state index contributed by atoms with van der Waals surface area (Å²) in [7, 11) is 0. The molecule has 2 N–H and O–H groups in total. The molecular formula is C8H19NO. The van der Waals surface area contributed by atoms with Crippen LogP contribution in [0.1, 0.15) is 34.1 Å². The van der Waals surface area contributed by atoms with Crippen LogP contribution in [0.4, 0.5) is 0 Å². The van der Waals surface area contributed by atoms with E-state index in [1.807, 2.05) is 13.8 Å². The molecule has 0 saturated carbocycles. The second kappa shape index (κ2) is 3.94. The molecule has 0 spiro atoms. The van der Waals surface area contributed by atoms with Gasteiger partial charge < -0.3 is 10.4 Å². The van der Waals surface area contributed by atoms with Crippen molar-refractivity contribution in [2.45, 2.75) is 45.8 Å². The Hall–Kier alpha value is -0.0800. The van der Waals surface area contributed by atoms with Gasteiger partial charge in [-0.05, 0) is 27.2 Å². The van der Waals surface area contributed by atoms with Crippen LogP contribution in [-0.2, 0) is 0 Å². The Balaban J connectivity index is 3.36. The van der Waals surface area contributed by atoms with E-state index in [0.29, 0.717) is 12.6 Å². The van der Waals surface area contributed by atoms with E-state index in [-0.39, 0.29) is 0 Å². The molecule has 0 heterocycles. The van der Waals surface area contributed by atoms with E-state index in [0.717, 1.165) is 6.42 Å². The van der Waals surface area contributed by atoms with Gasteiger partial charge in [0, 0.05) is 12.6 Å². The molecular weight excluding hydrogens is 126 g/mol. The predicted octanol–water partition coefficient (Wildman–Crippen LogP) is 1.15. The Morgan fingerprint density at radius 3 is 2.30 bits per heavy atom. The maximum absolute atomic E-state index is 9.30. The SMILES string of the molecule is CC[C@H](C)NCC(C)(C)O. The maximum Gasteiger partial charge on any atom is 0.0715 e. The Morgan fingerprint density at radius 2 is 2.00 bits per heavy atom. The van der Waals surface area contributed by atoms with Crippen molar-refractivity contribution in [1.29, 1.82) is 0 Å². The molecule has 0 rings (SSSR count). The summed E-state index contributed by atoms with van der Waals surface area (Å²) in [6, 6.07) is 0.506. The Bertz CT molecular complexity index is 85.7. The Kier molecular flexibility index (Phi) is 3.91. The maximum atomic E-state index is 9.30. The summed E-state index contributed by atoms with van der Waals surface area (Å²) < 4.78 is 0. The molecule has 0 fully saturated rings. The molecule has 62 valence electrons. The topological polar surface area (TPSA) is 32.3 Å². The quantitative estimate of drug-likeness (QED) is 0.622. The van der Waals surface area contributed by atoms with Crippen molar-refractivity contribution in [2.24, 2.45) is 0 Å². The lowest BCUT2D eigenvalue weighted by Crippen LogP contribution is -2.39. The van der Waals surface area contributed by atoms with Crippen LogP contribution in [0, 0.1) is 0 Å². The van der Waals surface area contributed by atoms with Crippen LogP contribution in [-0.4, -0.2) is 23.3 Å². The number of rotatable bonds is 4. The first-order valence-corrected chi connectivity index (χ1v) is 3.91. The summed E-state index contributed by atoms with van der Waals surface area (Å²) in [5.41, 5.74) is -0.580. The fourth-order valence-corrected chi connectivity index (χ4v) is 0.568. The highest BCUT2D eigenvalue weighted by Crippen LogP contribution is 1.98. The summed E-state index contributed by atoms with van der Waals surface area (Å²) in [6.07, 6.45) is 1.11. The third kappa shape index (κ3) is 6.05. The van der Waals surface area contributed by atoms with Crippen molar-refractivity contribution in [3.8, 4) is 0 Å². The fourth-order valence-electron chi connectivity index (χ4n) is 0.568. The van der Waals surface area contributed by atoms with E-state index in [9.17, 15) is 5.11 Å². The standard InChI is InChI=1S/C8H19NO/c1-5-7(2)9-6-8(3,4)10/h7,9-10H,5-6H2,1-4H3/t7-/m0/s1. The van der Waals surface area contributed by atoms with E-state index >= 15 is 0 Å². The molecule has 0 aliphatic rings. The van der Waals surface area contributed by atoms with Gasteiger partial charge in [0.25, 0.3) is 0 Å². The zero-order chi connectivity index (χ0) is 8.20. The van der Waals surface area contributed by atoms with Crippen molar-refractivity contribution in [2.75, 3.05) is 6.54 Å². The van der Waals surface area contributed by atoms with Gasteiger partial charge in [0.15, 0.2) is 0 Å². The first kappa shape index (κ1) is 9.92. The molecule has 1 atom stereocenters. The predicted molar refractivity (Wildman–Crippen MR) is 44.1 cm³/mol. The third-order valence-corrected chi connectivity index (χ3v) is 1.50. The van der Waals surface area contributed by atoms with Crippen LogP contribution in [0.3, 0.4) is 0 Å². The molecule has 0 saturated heterocycles. The molecule has 0 aromatic rings. The van der Waals surface area contributed by atoms with Gasteiger partial charge in [-0.25, -0.2) is 0 Å². The second-order valence-corrected chi connectivity index (χ2v) is 3.50. The smallest absolute Gasteiger partial charge is 0.0715 e. The first-order valence-electron chi connectivity index (χ1n) is 3.91. The molecule has 0 bridgehead atoms. The summed E-state index contributed by atoms with van der Waals surface area (Å²) in [5, 5.41) is 12.5. The van der Waals surface area contributed by atoms with Crippen LogP contribution in [0.2, 0.25) is 0 Å². The van der Waals surface area contributed by atoms with E-state index in [1.54, 1.807) is 0 Å². The van der Waals surface area contributed by atoms with Gasteiger partial charge in [-0.2, -0.15) is 0 Å². The Labute approximate surface area is 63.6 Å². The minimum Gasteiger partial charge on any atom is -0.389 e. The first-order chi connectivity index (χ1) is 4.45. The van der Waals surface area contributed by atoms with Gasteiger partial charge >= 0.3 is 0 Å². The van der Waals surface area contributed by atoms with Crippen molar-refractivity contribution >= 4 is 0 Å². The van der Waals surface area contributed by atoms with Crippen LogP contribution >= 0.6 is 0 Å². The second-order valence-electron chi connectivity index (χ2n) is 3.50. The largest absolute Gasteiger partial charge is 0.389 e. The van der Waals surface area contributed by atoms with Crippen LogP contribution < -0.4 is 5.32 Å². The molecule has 2 heteroatoms. The van der Waals surface area contributed by atoms with E-state index < -0.39 is 5.60 Å². The highest BCUT2D eigenvalue weighted by molar-refractivity contribution is 4.70. The zero-order valence-electron chi connectivity index (χ0n) is 7.44. The minimum atomic E-state index is -0.580. The monoisotopic (exact) mass is 145 g/mol. The molecule has 0 radical (unpaired) electrons. The molecule has 0 unspecified atom stereocenters. The number of aliphatic hydroxyl groups is 1. The lowest BCUT2D eigenvalue weighted by Gasteiger charge is -2.20. The molecule has 10 heavy (non-hydrogen) atoms. The highest BCUT2D eigenvalue weighted by Gasteiger charge is 2.12. The average Bonchev–Trinajstić information content (AvgIpc) is 1.81. The molecule has 0 aromatic heterocycles. The lowest BCUT2D eigenvalue weighted by atomic mass is 10.1. The van der Waals surface area contributed by atoms with Gasteiger partial charge in [0.05, 0.1) is 5.60 Å². The van der Waals surface area contributed by atoms with Crippen LogP contribution in [0.5, 0.6) is 0 Å². The minimum absolute atomic E-state index is 0.506. The van der Waals surface area contributed by atoms with Crippen molar-refractivity contribution in [1.82, 2.24) is 5.32 Å². The van der Waals surface area contributed by atoms with Crippen LogP contribution in [0.15, 0.2) is 0 Å². The van der Waals surface area contributed by atoms with E-state index in [1.165, 1.54) is 0 Å². The highest BCUT2D eigenvalue weighted by atomic mass is 16.3. The number of hydrogen-bond donors (Lipinski definition) is 2. The number of hydrogen-bond acceptors (Lipinski definition) is 2. The average molecular weight is 145 g/mol. The molecule has 0 amide bonds. The van der Waals surface area contributed by atoms with E-state index in [2.05, 4.69) is 19.2 Å². The van der Waals surface area contributed by atoms with Crippen LogP contribution in [0.25, 0.3) is 0 Å². The van der Waals surface area contributed by atoms with Gasteiger partial charge in [-0.1, -0.05) is 6.92 Å². The van der Waals surface area contributed by atoms with Gasteiger partial charge in [-0.3, -0.25) is 0 Å². The lowest BCUT2D eigenvalue weighted by molar-refractivity contribution is 0.0769. The number of nitrogens with one attached hydrogen (secondary N) is 1. The van der Waals surface area contributed by atoms with Gasteiger partial charge in [0.1, 0.15) is 0 Å². The summed E-state index contributed by atoms with van der Waals surface area (Å²) in [4.78, 5) is 0. The summed E-state index contributed by atoms with van der Waals surface area (Å²) in [6.45, 7) is 8.53. The molecule has 0 aliphatic carbocycles. The summed E-state index contributed by atoms with van der Waals surface area (Å²) in [5.74, 6) is 0. The fraction of sp³-hybridized carbons (Fsp3) is 1.00. The van der Waals surface area contributed by atoms with Crippen molar-refractivity contribution < 1.29 is 5.11 Å². The van der Waals surface area contributed by atoms with Gasteiger partial charge in [-0.15, -0.1) is 0 Å². The van der Waals surface area contributed by atoms with Crippen molar-refractivity contribution in [3.63, 3.8) is 0 Å².